The summed E-state index contributed by atoms with van der Waals surface area (Å²) < 4.78 is 49.0. The molecule has 10 heteroatoms. The topological polar surface area (TPSA) is 103 Å². The molecule has 0 aromatic heterocycles. The van der Waals surface area contributed by atoms with Gasteiger partial charge in [0, 0.05) is 11.1 Å². The van der Waals surface area contributed by atoms with E-state index in [2.05, 4.69) is 43.3 Å². The lowest BCUT2D eigenvalue weighted by Crippen LogP contribution is -2.31. The van der Waals surface area contributed by atoms with E-state index in [1.807, 2.05) is 24.3 Å². The van der Waals surface area contributed by atoms with Crippen LogP contribution in [0, 0.1) is 6.92 Å². The maximum absolute atomic E-state index is 10.6. The smallest absolute Gasteiger partial charge is 0.490 e. The lowest BCUT2D eigenvalue weighted by atomic mass is 9.80. The highest BCUT2D eigenvalue weighted by Gasteiger charge is 2.47. The monoisotopic (exact) mass is 486 g/mol. The average Bonchev–Trinajstić information content (AvgIpc) is 3.21. The number of amidine groups is 1. The highest BCUT2D eigenvalue weighted by atomic mass is 19.4. The van der Waals surface area contributed by atoms with E-state index < -0.39 is 17.7 Å². The number of methoxy groups -OCH3 is 1. The van der Waals surface area contributed by atoms with E-state index in [4.69, 9.17) is 34.8 Å². The van der Waals surface area contributed by atoms with Crippen molar-refractivity contribution in [1.29, 1.82) is 0 Å². The third kappa shape index (κ3) is 4.59. The number of carboxylic acid groups (broad SMARTS) is 1. The number of aliphatic imine (C=N–C) groups is 1. The van der Waals surface area contributed by atoms with Gasteiger partial charge in [-0.2, -0.15) is 13.2 Å². The molecule has 182 valence electrons. The average molecular weight is 486 g/mol. The minimum Gasteiger partial charge on any atom is -0.497 e. The third-order valence-corrected chi connectivity index (χ3v) is 5.60. The Balaban J connectivity index is 0.000000364. The number of hydrogen-bond acceptors (Lipinski definition) is 6. The fourth-order valence-electron chi connectivity index (χ4n) is 3.97. The van der Waals surface area contributed by atoms with Gasteiger partial charge in [0.15, 0.2) is 5.54 Å². The van der Waals surface area contributed by atoms with Gasteiger partial charge in [0.2, 0.25) is 0 Å². The Kier molecular flexibility index (Phi) is 6.06. The predicted octanol–water partition coefficient (Wildman–Crippen LogP) is 5.00. The second-order valence-electron chi connectivity index (χ2n) is 7.95. The maximum atomic E-state index is 10.6. The van der Waals surface area contributed by atoms with Gasteiger partial charge in [0.05, 0.1) is 7.11 Å². The third-order valence-electron chi connectivity index (χ3n) is 5.60. The molecule has 0 saturated heterocycles. The number of ether oxygens (including phenoxy) is 3. The normalized spacial score (nSPS) is 17.7. The van der Waals surface area contributed by atoms with Gasteiger partial charge in [0.1, 0.15) is 23.9 Å². The summed E-state index contributed by atoms with van der Waals surface area (Å²) >= 11 is 0. The van der Waals surface area contributed by atoms with Crippen LogP contribution in [0.2, 0.25) is 0 Å². The van der Waals surface area contributed by atoms with Gasteiger partial charge >= 0.3 is 12.1 Å². The maximum Gasteiger partial charge on any atom is 0.490 e. The molecule has 1 unspecified atom stereocenters. The molecule has 3 aromatic carbocycles. The standard InChI is InChI=1S/C23H20N2O3.C2HF3O2/c1-14-4-3-5-15(10-14)16-6-8-20-18(11-16)23(13-27-22(24)25-23)19-12-17(26-2)7-9-21(19)28-20;3-2(4,5)1(6)7/h3-12H,13H2,1-2H3,(H2,24,25);(H,6,7). The second kappa shape index (κ2) is 8.86. The van der Waals surface area contributed by atoms with Gasteiger partial charge in [0.25, 0.3) is 6.02 Å². The number of nitrogens with zero attached hydrogens (tertiary/aromatic N) is 1. The molecule has 5 rings (SSSR count). The van der Waals surface area contributed by atoms with Gasteiger partial charge < -0.3 is 25.1 Å². The Morgan fingerprint density at radius 1 is 1.06 bits per heavy atom. The van der Waals surface area contributed by atoms with E-state index in [1.165, 1.54) is 5.56 Å². The van der Waals surface area contributed by atoms with Crippen molar-refractivity contribution in [2.24, 2.45) is 10.7 Å². The molecule has 1 atom stereocenters. The first-order chi connectivity index (χ1) is 16.5. The van der Waals surface area contributed by atoms with Crippen molar-refractivity contribution in [3.63, 3.8) is 0 Å². The molecule has 0 radical (unpaired) electrons. The van der Waals surface area contributed by atoms with Gasteiger partial charge in [-0.3, -0.25) is 0 Å². The zero-order valence-corrected chi connectivity index (χ0v) is 18.7. The summed E-state index contributed by atoms with van der Waals surface area (Å²) in [5.74, 6) is -0.525. The number of nitrogens with two attached hydrogens (primary N) is 1. The van der Waals surface area contributed by atoms with Crippen LogP contribution < -0.4 is 15.2 Å². The summed E-state index contributed by atoms with van der Waals surface area (Å²) in [5, 5.41) is 7.12. The first kappa shape index (κ1) is 23.9. The van der Waals surface area contributed by atoms with Gasteiger partial charge in [-0.05, 0) is 48.4 Å². The molecule has 35 heavy (non-hydrogen) atoms. The van der Waals surface area contributed by atoms with Crippen molar-refractivity contribution in [1.82, 2.24) is 0 Å². The first-order valence-electron chi connectivity index (χ1n) is 10.4. The number of aryl methyl sites for hydroxylation is 1. The Labute approximate surface area is 198 Å². The highest BCUT2D eigenvalue weighted by Crippen LogP contribution is 2.52. The molecule has 0 saturated carbocycles. The van der Waals surface area contributed by atoms with Crippen molar-refractivity contribution < 1.29 is 37.3 Å². The Morgan fingerprint density at radius 3 is 2.26 bits per heavy atom. The number of rotatable bonds is 2. The zero-order valence-electron chi connectivity index (χ0n) is 18.7. The number of fused-ring (bicyclic) bond motifs is 4. The fourth-order valence-corrected chi connectivity index (χ4v) is 3.97. The summed E-state index contributed by atoms with van der Waals surface area (Å²) in [6, 6.07) is 20.5. The Hall–Kier alpha value is -4.21. The van der Waals surface area contributed by atoms with E-state index in [0.29, 0.717) is 6.61 Å². The van der Waals surface area contributed by atoms with Crippen LogP contribution in [-0.2, 0) is 15.1 Å². The molecule has 0 fully saturated rings. The van der Waals surface area contributed by atoms with Gasteiger partial charge in [-0.15, -0.1) is 0 Å². The molecule has 0 amide bonds. The molecule has 0 bridgehead atoms. The van der Waals surface area contributed by atoms with Gasteiger partial charge in [-0.1, -0.05) is 35.9 Å². The van der Waals surface area contributed by atoms with Crippen molar-refractivity contribution in [2.45, 2.75) is 18.6 Å². The number of carboxylic acids is 1. The van der Waals surface area contributed by atoms with Crippen molar-refractivity contribution >= 4 is 12.0 Å². The Morgan fingerprint density at radius 2 is 1.69 bits per heavy atom. The highest BCUT2D eigenvalue weighted by molar-refractivity contribution is 5.78. The lowest BCUT2D eigenvalue weighted by molar-refractivity contribution is -0.192. The van der Waals surface area contributed by atoms with Crippen LogP contribution in [0.1, 0.15) is 16.7 Å². The molecule has 2 aliphatic heterocycles. The van der Waals surface area contributed by atoms with Crippen LogP contribution in [0.5, 0.6) is 17.2 Å². The van der Waals surface area contributed by atoms with E-state index in [9.17, 15) is 13.2 Å². The second-order valence-corrected chi connectivity index (χ2v) is 7.95. The Bertz CT molecular complexity index is 1320. The summed E-state index contributed by atoms with van der Waals surface area (Å²) in [4.78, 5) is 13.6. The van der Waals surface area contributed by atoms with Crippen LogP contribution in [0.15, 0.2) is 65.7 Å². The number of carbonyl (C=O) groups is 1. The van der Waals surface area contributed by atoms with E-state index >= 15 is 0 Å². The van der Waals surface area contributed by atoms with Crippen LogP contribution >= 0.6 is 0 Å². The minimum absolute atomic E-state index is 0.183. The van der Waals surface area contributed by atoms with Crippen molar-refractivity contribution in [2.75, 3.05) is 13.7 Å². The number of halogens is 3. The molecule has 1 spiro atoms. The number of aliphatic carboxylic acids is 1. The van der Waals surface area contributed by atoms with E-state index in [0.717, 1.165) is 39.5 Å². The molecular formula is C25H21F3N2O5. The lowest BCUT2D eigenvalue weighted by Gasteiger charge is -2.34. The molecule has 2 heterocycles. The largest absolute Gasteiger partial charge is 0.497 e. The molecule has 2 aliphatic rings. The summed E-state index contributed by atoms with van der Waals surface area (Å²) in [6.07, 6.45) is -5.08. The molecular weight excluding hydrogens is 465 g/mol. The summed E-state index contributed by atoms with van der Waals surface area (Å²) in [7, 11) is 1.64. The van der Waals surface area contributed by atoms with Crippen LogP contribution in [-0.4, -0.2) is 37.0 Å². The van der Waals surface area contributed by atoms with Crippen molar-refractivity contribution in [3.8, 4) is 28.4 Å². The number of hydrogen-bond donors (Lipinski definition) is 2. The summed E-state index contributed by atoms with van der Waals surface area (Å²) in [6.45, 7) is 2.41. The van der Waals surface area contributed by atoms with E-state index in [1.54, 1.807) is 7.11 Å². The van der Waals surface area contributed by atoms with Crippen LogP contribution in [0.3, 0.4) is 0 Å². The number of alkyl halides is 3. The zero-order chi connectivity index (χ0) is 25.4. The van der Waals surface area contributed by atoms with Crippen LogP contribution in [0.25, 0.3) is 11.1 Å². The van der Waals surface area contributed by atoms with Gasteiger partial charge in [-0.25, -0.2) is 9.79 Å². The van der Waals surface area contributed by atoms with Crippen molar-refractivity contribution in [3.05, 3.63) is 77.4 Å². The first-order valence-corrected chi connectivity index (χ1v) is 10.4. The fraction of sp³-hybridized carbons (Fsp3) is 0.200. The quantitative estimate of drug-likeness (QED) is 0.529. The molecule has 3 N–H and O–H groups in total. The van der Waals surface area contributed by atoms with Crippen LogP contribution in [0.4, 0.5) is 13.2 Å². The predicted molar refractivity (Wildman–Crippen MR) is 122 cm³/mol. The number of benzene rings is 3. The van der Waals surface area contributed by atoms with E-state index in [-0.39, 0.29) is 6.02 Å². The summed E-state index contributed by atoms with van der Waals surface area (Å²) in [5.41, 5.74) is 10.5. The molecule has 7 nitrogen and oxygen atoms in total. The minimum atomic E-state index is -5.08. The molecule has 0 aliphatic carbocycles. The molecule has 3 aromatic rings. The SMILES string of the molecule is COc1ccc2c(c1)C1(COC(N)=N1)c1cc(-c3cccc(C)c3)ccc1O2.O=C(O)C(F)(F)F.